The minimum absolute atomic E-state index is 0.154. The molecule has 0 unspecified atom stereocenters. The van der Waals surface area contributed by atoms with Crippen LogP contribution >= 0.6 is 0 Å². The van der Waals surface area contributed by atoms with Crippen molar-refractivity contribution in [3.05, 3.63) is 29.8 Å². The van der Waals surface area contributed by atoms with Gasteiger partial charge in [-0.3, -0.25) is 14.7 Å². The molecule has 3 aliphatic rings. The van der Waals surface area contributed by atoms with Gasteiger partial charge in [0.2, 0.25) is 0 Å². The van der Waals surface area contributed by atoms with Crippen molar-refractivity contribution in [2.45, 2.75) is 44.5 Å². The second kappa shape index (κ2) is 7.12. The molecule has 1 spiro atoms. The molecule has 4 rings (SSSR count). The van der Waals surface area contributed by atoms with Crippen molar-refractivity contribution < 1.29 is 9.84 Å². The van der Waals surface area contributed by atoms with Crippen molar-refractivity contribution in [2.24, 2.45) is 5.92 Å². The number of aliphatic hydroxyl groups is 1. The Morgan fingerprint density at radius 3 is 2.62 bits per heavy atom. The van der Waals surface area contributed by atoms with Crippen LogP contribution in [0.2, 0.25) is 0 Å². The van der Waals surface area contributed by atoms with Crippen LogP contribution in [0.3, 0.4) is 0 Å². The minimum Gasteiger partial charge on any atom is -0.496 e. The Hall–Kier alpha value is -1.14. The van der Waals surface area contributed by atoms with E-state index in [0.29, 0.717) is 12.0 Å². The zero-order valence-electron chi connectivity index (χ0n) is 16.4. The molecule has 3 fully saturated rings. The van der Waals surface area contributed by atoms with E-state index in [2.05, 4.69) is 40.7 Å². The maximum Gasteiger partial charge on any atom is 0.123 e. The molecule has 2 atom stereocenters. The first-order valence-electron chi connectivity index (χ1n) is 10.0. The Kier molecular flexibility index (Phi) is 4.99. The van der Waals surface area contributed by atoms with Gasteiger partial charge < -0.3 is 9.84 Å². The van der Waals surface area contributed by atoms with Crippen LogP contribution in [0.1, 0.15) is 25.8 Å². The van der Waals surface area contributed by atoms with Crippen LogP contribution in [-0.2, 0) is 6.54 Å². The Labute approximate surface area is 157 Å². The highest BCUT2D eigenvalue weighted by Crippen LogP contribution is 2.40. The van der Waals surface area contributed by atoms with Gasteiger partial charge in [0, 0.05) is 57.4 Å². The molecule has 0 amide bonds. The first kappa shape index (κ1) is 18.2. The molecule has 0 radical (unpaired) electrons. The lowest BCUT2D eigenvalue weighted by Gasteiger charge is -2.61. The van der Waals surface area contributed by atoms with E-state index in [4.69, 9.17) is 4.74 Å². The molecule has 0 aliphatic carbocycles. The predicted molar refractivity (Wildman–Crippen MR) is 103 cm³/mol. The van der Waals surface area contributed by atoms with Gasteiger partial charge in [0.25, 0.3) is 0 Å². The number of aliphatic hydroxyl groups excluding tert-OH is 1. The number of nitrogens with zero attached hydrogens (tertiary/aromatic N) is 3. The number of para-hydroxylation sites is 1. The lowest BCUT2D eigenvalue weighted by atomic mass is 9.83. The van der Waals surface area contributed by atoms with Gasteiger partial charge in [-0.2, -0.15) is 0 Å². The molecule has 26 heavy (non-hydrogen) atoms. The summed E-state index contributed by atoms with van der Waals surface area (Å²) in [7, 11) is 1.75. The molecule has 3 heterocycles. The quantitative estimate of drug-likeness (QED) is 0.866. The van der Waals surface area contributed by atoms with Crippen molar-refractivity contribution >= 4 is 0 Å². The van der Waals surface area contributed by atoms with Crippen molar-refractivity contribution in [3.8, 4) is 5.75 Å². The summed E-state index contributed by atoms with van der Waals surface area (Å²) in [6.45, 7) is 12.0. The first-order valence-corrected chi connectivity index (χ1v) is 10.0. The molecule has 3 saturated heterocycles. The monoisotopic (exact) mass is 359 g/mol. The Balaban J connectivity index is 1.45. The van der Waals surface area contributed by atoms with Gasteiger partial charge in [0.15, 0.2) is 0 Å². The van der Waals surface area contributed by atoms with Gasteiger partial charge in [0.1, 0.15) is 5.75 Å². The van der Waals surface area contributed by atoms with Gasteiger partial charge in [-0.25, -0.2) is 0 Å². The normalized spacial score (nSPS) is 29.1. The third-order valence-corrected chi connectivity index (χ3v) is 6.23. The van der Waals surface area contributed by atoms with E-state index in [1.807, 2.05) is 12.1 Å². The molecule has 5 nitrogen and oxygen atoms in total. The van der Waals surface area contributed by atoms with Gasteiger partial charge >= 0.3 is 0 Å². The number of likely N-dealkylation sites (tertiary alicyclic amines) is 1. The van der Waals surface area contributed by atoms with E-state index in [0.717, 1.165) is 58.0 Å². The van der Waals surface area contributed by atoms with Gasteiger partial charge in [-0.1, -0.05) is 32.0 Å². The van der Waals surface area contributed by atoms with Gasteiger partial charge in [-0.15, -0.1) is 0 Å². The minimum atomic E-state index is -0.154. The highest BCUT2D eigenvalue weighted by molar-refractivity contribution is 5.33. The Morgan fingerprint density at radius 1 is 1.15 bits per heavy atom. The maximum absolute atomic E-state index is 10.3. The predicted octanol–water partition coefficient (Wildman–Crippen LogP) is 1.66. The van der Waals surface area contributed by atoms with Crippen LogP contribution < -0.4 is 4.74 Å². The summed E-state index contributed by atoms with van der Waals surface area (Å²) in [5.74, 6) is 1.67. The average molecular weight is 360 g/mol. The summed E-state index contributed by atoms with van der Waals surface area (Å²) in [6, 6.07) is 8.85. The molecule has 0 bridgehead atoms. The van der Waals surface area contributed by atoms with E-state index in [9.17, 15) is 5.11 Å². The second-order valence-corrected chi connectivity index (χ2v) is 8.96. The van der Waals surface area contributed by atoms with Crippen molar-refractivity contribution in [2.75, 3.05) is 46.4 Å². The van der Waals surface area contributed by atoms with Crippen LogP contribution in [0.4, 0.5) is 0 Å². The second-order valence-electron chi connectivity index (χ2n) is 8.96. The fourth-order valence-electron chi connectivity index (χ4n) is 5.43. The number of piperazine rings is 1. The number of methoxy groups -OCH3 is 1. The molecular weight excluding hydrogens is 326 g/mol. The van der Waals surface area contributed by atoms with E-state index in [-0.39, 0.29) is 11.6 Å². The van der Waals surface area contributed by atoms with Crippen molar-refractivity contribution in [1.29, 1.82) is 0 Å². The molecule has 0 saturated carbocycles. The highest BCUT2D eigenvalue weighted by Gasteiger charge is 2.55. The highest BCUT2D eigenvalue weighted by atomic mass is 16.5. The molecule has 0 aromatic heterocycles. The molecule has 1 aromatic carbocycles. The number of ether oxygens (including phenoxy) is 1. The number of benzene rings is 1. The zero-order valence-corrected chi connectivity index (χ0v) is 16.4. The van der Waals surface area contributed by atoms with E-state index in [1.54, 1.807) is 7.11 Å². The van der Waals surface area contributed by atoms with Gasteiger partial charge in [0.05, 0.1) is 18.8 Å². The summed E-state index contributed by atoms with van der Waals surface area (Å²) in [6.07, 6.45) is 0.780. The molecule has 1 aromatic rings. The van der Waals surface area contributed by atoms with Crippen LogP contribution in [0, 0.1) is 5.92 Å². The SMILES string of the molecule is COc1ccccc1CN1CC2(CN(CC(C)C)C[C@@H]3C[C@@H](O)CN32)C1. The summed E-state index contributed by atoms with van der Waals surface area (Å²) in [5.41, 5.74) is 1.48. The number of fused-ring (bicyclic) bond motifs is 2. The fraction of sp³-hybridized carbons (Fsp3) is 0.714. The van der Waals surface area contributed by atoms with Crippen molar-refractivity contribution in [1.82, 2.24) is 14.7 Å². The van der Waals surface area contributed by atoms with Crippen LogP contribution in [0.25, 0.3) is 0 Å². The summed E-state index contributed by atoms with van der Waals surface area (Å²) in [4.78, 5) is 7.80. The maximum atomic E-state index is 10.3. The largest absolute Gasteiger partial charge is 0.496 e. The molecule has 5 heteroatoms. The van der Waals surface area contributed by atoms with Crippen molar-refractivity contribution in [3.63, 3.8) is 0 Å². The number of hydrogen-bond donors (Lipinski definition) is 1. The Bertz CT molecular complexity index is 629. The lowest BCUT2D eigenvalue weighted by Crippen LogP contribution is -2.77. The zero-order chi connectivity index (χ0) is 18.3. The third kappa shape index (κ3) is 3.38. The lowest BCUT2D eigenvalue weighted by molar-refractivity contribution is -0.118. The van der Waals surface area contributed by atoms with Crippen LogP contribution in [0.5, 0.6) is 5.75 Å². The summed E-state index contributed by atoms with van der Waals surface area (Å²) < 4.78 is 5.52. The summed E-state index contributed by atoms with van der Waals surface area (Å²) in [5, 5.41) is 10.3. The van der Waals surface area contributed by atoms with E-state index in [1.165, 1.54) is 5.56 Å². The van der Waals surface area contributed by atoms with E-state index < -0.39 is 0 Å². The number of rotatable bonds is 5. The van der Waals surface area contributed by atoms with Crippen LogP contribution in [-0.4, -0.2) is 83.9 Å². The van der Waals surface area contributed by atoms with Gasteiger partial charge in [-0.05, 0) is 18.4 Å². The average Bonchev–Trinajstić information content (AvgIpc) is 2.94. The topological polar surface area (TPSA) is 39.2 Å². The summed E-state index contributed by atoms with van der Waals surface area (Å²) >= 11 is 0. The fourth-order valence-corrected chi connectivity index (χ4v) is 5.43. The molecule has 144 valence electrons. The first-order chi connectivity index (χ1) is 12.5. The third-order valence-electron chi connectivity index (χ3n) is 6.23. The molecular formula is C21H33N3O2. The van der Waals surface area contributed by atoms with Crippen LogP contribution in [0.15, 0.2) is 24.3 Å². The molecule has 1 N–H and O–H groups in total. The number of β-amino-alcohol motifs (C(OH)–C–C–N with tert-alkyl or cyclic N) is 1. The standard InChI is InChI=1S/C21H33N3O2/c1-16(2)9-22-11-18-8-19(25)12-24(18)21(13-22)14-23(15-21)10-17-6-4-5-7-20(17)26-3/h4-7,16,18-19,25H,8-15H2,1-3H3/t18-,19+/m0/s1. The Morgan fingerprint density at radius 2 is 1.88 bits per heavy atom. The molecule has 3 aliphatic heterocycles. The smallest absolute Gasteiger partial charge is 0.123 e. The van der Waals surface area contributed by atoms with E-state index >= 15 is 0 Å². The number of hydrogen-bond acceptors (Lipinski definition) is 5.